The first kappa shape index (κ1) is 9.68. The first-order chi connectivity index (χ1) is 4.51. The zero-order valence-electron chi connectivity index (χ0n) is 5.21. The molecule has 0 N–H and O–H groups in total. The predicted octanol–water partition coefficient (Wildman–Crippen LogP) is 3.65. The SMILES string of the molecule is Cl[Si](Cl)C1CC[Si](Cl)(Cl)C1. The second kappa shape index (κ2) is 3.54. The van der Waals surface area contributed by atoms with Crippen molar-refractivity contribution in [2.24, 2.45) is 0 Å². The van der Waals surface area contributed by atoms with E-state index in [4.69, 9.17) is 44.3 Å². The minimum absolute atomic E-state index is 0.440. The molecule has 1 aliphatic rings. The van der Waals surface area contributed by atoms with E-state index in [2.05, 4.69) is 0 Å². The third-order valence-corrected chi connectivity index (χ3v) is 9.25. The Hall–Kier alpha value is 1.59. The van der Waals surface area contributed by atoms with Gasteiger partial charge in [0.05, 0.1) is 0 Å². The summed E-state index contributed by atoms with van der Waals surface area (Å²) in [5, 5.41) is 0. The van der Waals surface area contributed by atoms with Crippen molar-refractivity contribution in [2.75, 3.05) is 0 Å². The summed E-state index contributed by atoms with van der Waals surface area (Å²) in [5.41, 5.74) is 0.440. The average Bonchev–Trinajstić information content (AvgIpc) is 2.10. The zero-order chi connectivity index (χ0) is 7.78. The van der Waals surface area contributed by atoms with Crippen LogP contribution in [0.25, 0.3) is 0 Å². The smallest absolute Gasteiger partial charge is 0.146 e. The molecule has 1 aliphatic heterocycles. The largest absolute Gasteiger partial charge is 0.276 e. The molecule has 0 bridgehead atoms. The summed E-state index contributed by atoms with van der Waals surface area (Å²) < 4.78 is 0. The Kier molecular flexibility index (Phi) is 3.43. The molecular weight excluding hydrogens is 246 g/mol. The summed E-state index contributed by atoms with van der Waals surface area (Å²) in [6.45, 7) is -1.86. The fraction of sp³-hybridized carbons (Fsp3) is 1.00. The van der Waals surface area contributed by atoms with Crippen molar-refractivity contribution >= 4 is 58.4 Å². The maximum Gasteiger partial charge on any atom is 0.276 e. The van der Waals surface area contributed by atoms with Crippen LogP contribution < -0.4 is 0 Å². The topological polar surface area (TPSA) is 0 Å². The molecule has 0 aromatic heterocycles. The maximum absolute atomic E-state index is 6.01. The molecule has 0 aliphatic carbocycles. The van der Waals surface area contributed by atoms with Gasteiger partial charge in [-0.3, -0.25) is 0 Å². The highest BCUT2D eigenvalue weighted by Gasteiger charge is 2.41. The standard InChI is InChI=1S/C4H7Cl4Si2/c5-9(6)4-1-2-10(7,8)3-4/h4H,1-3H2. The van der Waals surface area contributed by atoms with Gasteiger partial charge in [-0.25, -0.2) is 0 Å². The van der Waals surface area contributed by atoms with E-state index in [1.807, 2.05) is 0 Å². The number of hydrogen-bond donors (Lipinski definition) is 0. The first-order valence-electron chi connectivity index (χ1n) is 3.07. The molecule has 0 spiro atoms. The minimum atomic E-state index is -1.86. The summed E-state index contributed by atoms with van der Waals surface area (Å²) in [7, 11) is -1.17. The van der Waals surface area contributed by atoms with E-state index in [-0.39, 0.29) is 0 Å². The third kappa shape index (κ3) is 2.57. The Bertz CT molecular complexity index is 126. The van der Waals surface area contributed by atoms with E-state index in [1.54, 1.807) is 0 Å². The number of rotatable bonds is 1. The minimum Gasteiger partial charge on any atom is -0.146 e. The van der Waals surface area contributed by atoms with Crippen molar-refractivity contribution < 1.29 is 0 Å². The van der Waals surface area contributed by atoms with Gasteiger partial charge in [0.1, 0.15) is 0 Å². The molecule has 0 nitrogen and oxygen atoms in total. The van der Waals surface area contributed by atoms with Gasteiger partial charge in [0.25, 0.3) is 14.1 Å². The zero-order valence-corrected chi connectivity index (χ0v) is 10.2. The van der Waals surface area contributed by atoms with Crippen LogP contribution in [0.2, 0.25) is 17.6 Å². The van der Waals surface area contributed by atoms with Crippen LogP contribution in [0.5, 0.6) is 0 Å². The second-order valence-corrected chi connectivity index (χ2v) is 14.5. The van der Waals surface area contributed by atoms with E-state index in [0.717, 1.165) is 18.5 Å². The Morgan fingerprint density at radius 1 is 1.30 bits per heavy atom. The second-order valence-electron chi connectivity index (χ2n) is 2.59. The molecule has 0 saturated carbocycles. The molecule has 0 aromatic rings. The van der Waals surface area contributed by atoms with E-state index >= 15 is 0 Å². The highest BCUT2D eigenvalue weighted by atomic mass is 35.7. The molecule has 1 radical (unpaired) electrons. The molecule has 1 unspecified atom stereocenters. The van der Waals surface area contributed by atoms with Crippen molar-refractivity contribution in [1.29, 1.82) is 0 Å². The Balaban J connectivity index is 2.43. The fourth-order valence-electron chi connectivity index (χ4n) is 1.14. The first-order valence-corrected chi connectivity index (χ1v) is 11.1. The van der Waals surface area contributed by atoms with Gasteiger partial charge in [0.2, 0.25) is 0 Å². The lowest BCUT2D eigenvalue weighted by Gasteiger charge is -2.08. The lowest BCUT2D eigenvalue weighted by atomic mass is 10.4. The summed E-state index contributed by atoms with van der Waals surface area (Å²) >= 11 is 23.6. The van der Waals surface area contributed by atoms with Gasteiger partial charge in [-0.2, -0.15) is 0 Å². The monoisotopic (exact) mass is 251 g/mol. The van der Waals surface area contributed by atoms with Crippen molar-refractivity contribution in [3.05, 3.63) is 0 Å². The van der Waals surface area contributed by atoms with Crippen LogP contribution in [-0.2, 0) is 0 Å². The normalized spacial score (nSPS) is 31.5. The molecular formula is C4H7Cl4Si2. The van der Waals surface area contributed by atoms with E-state index in [1.165, 1.54) is 0 Å². The van der Waals surface area contributed by atoms with Crippen molar-refractivity contribution in [3.63, 3.8) is 0 Å². The Morgan fingerprint density at radius 3 is 2.10 bits per heavy atom. The Morgan fingerprint density at radius 2 is 1.90 bits per heavy atom. The van der Waals surface area contributed by atoms with Gasteiger partial charge < -0.3 is 0 Å². The summed E-state index contributed by atoms with van der Waals surface area (Å²) in [6, 6.07) is 1.87. The van der Waals surface area contributed by atoms with Gasteiger partial charge in [0, 0.05) is 0 Å². The van der Waals surface area contributed by atoms with E-state index in [9.17, 15) is 0 Å². The van der Waals surface area contributed by atoms with Crippen LogP contribution in [0.15, 0.2) is 0 Å². The number of hydrogen-bond acceptors (Lipinski definition) is 0. The summed E-state index contributed by atoms with van der Waals surface area (Å²) in [6.07, 6.45) is 1.04. The van der Waals surface area contributed by atoms with Crippen LogP contribution in [0.4, 0.5) is 0 Å². The van der Waals surface area contributed by atoms with Gasteiger partial charge >= 0.3 is 0 Å². The Labute approximate surface area is 82.2 Å². The summed E-state index contributed by atoms with van der Waals surface area (Å²) in [5.74, 6) is 0. The van der Waals surface area contributed by atoms with Crippen molar-refractivity contribution in [3.8, 4) is 0 Å². The molecule has 1 atom stereocenters. The van der Waals surface area contributed by atoms with Crippen LogP contribution in [0, 0.1) is 0 Å². The average molecular weight is 253 g/mol. The van der Waals surface area contributed by atoms with Gasteiger partial charge in [-0.1, -0.05) is 6.42 Å². The molecule has 1 heterocycles. The lowest BCUT2D eigenvalue weighted by Crippen LogP contribution is -2.13. The fourth-order valence-corrected chi connectivity index (χ4v) is 9.94. The molecule has 0 amide bonds. The lowest BCUT2D eigenvalue weighted by molar-refractivity contribution is 0.921. The van der Waals surface area contributed by atoms with E-state index in [0.29, 0.717) is 5.54 Å². The van der Waals surface area contributed by atoms with Crippen LogP contribution in [0.1, 0.15) is 6.42 Å². The maximum atomic E-state index is 6.01. The molecule has 1 saturated heterocycles. The quantitative estimate of drug-likeness (QED) is 0.494. The number of halogens is 4. The highest BCUT2D eigenvalue weighted by Crippen LogP contribution is 2.46. The predicted molar refractivity (Wildman–Crippen MR) is 52.9 cm³/mol. The molecule has 6 heteroatoms. The molecule has 59 valence electrons. The van der Waals surface area contributed by atoms with Crippen LogP contribution >= 0.6 is 44.3 Å². The molecule has 10 heavy (non-hydrogen) atoms. The third-order valence-electron chi connectivity index (χ3n) is 1.71. The van der Waals surface area contributed by atoms with Crippen molar-refractivity contribution in [2.45, 2.75) is 24.1 Å². The summed E-state index contributed by atoms with van der Waals surface area (Å²) in [4.78, 5) is 0. The van der Waals surface area contributed by atoms with Crippen LogP contribution in [-0.4, -0.2) is 14.1 Å². The molecule has 0 aromatic carbocycles. The molecule has 1 rings (SSSR count). The molecule has 1 fully saturated rings. The van der Waals surface area contributed by atoms with Crippen LogP contribution in [0.3, 0.4) is 0 Å². The van der Waals surface area contributed by atoms with Gasteiger partial charge in [-0.15, -0.1) is 44.3 Å². The van der Waals surface area contributed by atoms with E-state index < -0.39 is 14.1 Å². The van der Waals surface area contributed by atoms with Crippen molar-refractivity contribution in [1.82, 2.24) is 0 Å². The van der Waals surface area contributed by atoms with Gasteiger partial charge in [0.15, 0.2) is 0 Å². The highest BCUT2D eigenvalue weighted by molar-refractivity contribution is 7.46. The van der Waals surface area contributed by atoms with Gasteiger partial charge in [-0.05, 0) is 17.6 Å².